The van der Waals surface area contributed by atoms with E-state index in [1.807, 2.05) is 28.9 Å². The van der Waals surface area contributed by atoms with Gasteiger partial charge in [0, 0.05) is 0 Å². The summed E-state index contributed by atoms with van der Waals surface area (Å²) in [6.07, 6.45) is 0. The highest BCUT2D eigenvalue weighted by Crippen LogP contribution is 2.25. The maximum absolute atomic E-state index is 4.30. The lowest BCUT2D eigenvalue weighted by Gasteiger charge is -2.09. The van der Waals surface area contributed by atoms with Crippen molar-refractivity contribution in [3.05, 3.63) is 78.4 Å². The standard InChI is InChI=1S/C21H19N3/c1-15(2)16-10-12-17(13-11-16)18-6-5-7-19(14-18)24-21-9-4-3-8-20(21)22-23-24/h3-15H,1-2H3. The summed E-state index contributed by atoms with van der Waals surface area (Å²) in [6, 6.07) is 25.2. The second-order valence-electron chi connectivity index (χ2n) is 6.32. The first kappa shape index (κ1) is 14.6. The number of benzene rings is 3. The van der Waals surface area contributed by atoms with Crippen LogP contribution in [0, 0.1) is 0 Å². The molecule has 0 spiro atoms. The monoisotopic (exact) mass is 313 g/mol. The quantitative estimate of drug-likeness (QED) is 0.520. The molecule has 118 valence electrons. The number of fused-ring (bicyclic) bond motifs is 1. The Morgan fingerprint density at radius 2 is 1.58 bits per heavy atom. The van der Waals surface area contributed by atoms with Gasteiger partial charge < -0.3 is 0 Å². The number of hydrogen-bond donors (Lipinski definition) is 0. The molecule has 0 radical (unpaired) electrons. The topological polar surface area (TPSA) is 30.7 Å². The van der Waals surface area contributed by atoms with Crippen molar-refractivity contribution in [1.82, 2.24) is 15.0 Å². The van der Waals surface area contributed by atoms with Crippen LogP contribution in [0.5, 0.6) is 0 Å². The van der Waals surface area contributed by atoms with Gasteiger partial charge in [-0.25, -0.2) is 4.68 Å². The second kappa shape index (κ2) is 5.93. The van der Waals surface area contributed by atoms with Crippen LogP contribution >= 0.6 is 0 Å². The van der Waals surface area contributed by atoms with Crippen molar-refractivity contribution in [2.75, 3.05) is 0 Å². The summed E-state index contributed by atoms with van der Waals surface area (Å²) in [7, 11) is 0. The maximum atomic E-state index is 4.30. The third-order valence-corrected chi connectivity index (χ3v) is 4.35. The summed E-state index contributed by atoms with van der Waals surface area (Å²) in [6.45, 7) is 4.43. The lowest BCUT2D eigenvalue weighted by molar-refractivity contribution is 0.824. The van der Waals surface area contributed by atoms with E-state index in [0.29, 0.717) is 5.92 Å². The first-order chi connectivity index (χ1) is 11.7. The van der Waals surface area contributed by atoms with Crippen molar-refractivity contribution in [2.24, 2.45) is 0 Å². The van der Waals surface area contributed by atoms with E-state index in [-0.39, 0.29) is 0 Å². The van der Waals surface area contributed by atoms with Gasteiger partial charge in [-0.1, -0.05) is 67.6 Å². The Morgan fingerprint density at radius 1 is 0.792 bits per heavy atom. The third-order valence-electron chi connectivity index (χ3n) is 4.35. The van der Waals surface area contributed by atoms with Gasteiger partial charge in [0.15, 0.2) is 0 Å². The first-order valence-corrected chi connectivity index (χ1v) is 8.23. The van der Waals surface area contributed by atoms with E-state index in [0.717, 1.165) is 16.7 Å². The third kappa shape index (κ3) is 2.58. The zero-order chi connectivity index (χ0) is 16.5. The molecule has 3 nitrogen and oxygen atoms in total. The van der Waals surface area contributed by atoms with E-state index in [1.165, 1.54) is 16.7 Å². The number of rotatable bonds is 3. The van der Waals surface area contributed by atoms with Crippen molar-refractivity contribution < 1.29 is 0 Å². The molecule has 0 amide bonds. The Morgan fingerprint density at radius 3 is 2.38 bits per heavy atom. The summed E-state index contributed by atoms with van der Waals surface area (Å²) in [5, 5.41) is 8.55. The van der Waals surface area contributed by atoms with Crippen LogP contribution in [0.3, 0.4) is 0 Å². The molecule has 0 atom stereocenters. The number of hydrogen-bond acceptors (Lipinski definition) is 2. The minimum absolute atomic E-state index is 0.548. The second-order valence-corrected chi connectivity index (χ2v) is 6.32. The van der Waals surface area contributed by atoms with Gasteiger partial charge in [-0.05, 0) is 46.9 Å². The molecule has 0 fully saturated rings. The van der Waals surface area contributed by atoms with E-state index in [1.54, 1.807) is 0 Å². The molecular formula is C21H19N3. The zero-order valence-corrected chi connectivity index (χ0v) is 13.8. The van der Waals surface area contributed by atoms with Gasteiger partial charge in [0.1, 0.15) is 5.52 Å². The van der Waals surface area contributed by atoms with E-state index in [9.17, 15) is 0 Å². The Hall–Kier alpha value is -2.94. The maximum Gasteiger partial charge on any atom is 0.113 e. The number of para-hydroxylation sites is 1. The van der Waals surface area contributed by atoms with Gasteiger partial charge in [0.05, 0.1) is 11.2 Å². The van der Waals surface area contributed by atoms with Crippen LogP contribution in [-0.2, 0) is 0 Å². The fraction of sp³-hybridized carbons (Fsp3) is 0.143. The van der Waals surface area contributed by atoms with Crippen molar-refractivity contribution >= 4 is 11.0 Å². The van der Waals surface area contributed by atoms with Crippen LogP contribution in [0.1, 0.15) is 25.3 Å². The highest BCUT2D eigenvalue weighted by atomic mass is 15.4. The first-order valence-electron chi connectivity index (χ1n) is 8.23. The molecule has 0 bridgehead atoms. The summed E-state index contributed by atoms with van der Waals surface area (Å²) in [5.74, 6) is 0.548. The minimum Gasteiger partial charge on any atom is -0.213 e. The molecule has 1 aromatic heterocycles. The van der Waals surface area contributed by atoms with E-state index in [2.05, 4.69) is 72.7 Å². The van der Waals surface area contributed by atoms with Gasteiger partial charge in [-0.2, -0.15) is 0 Å². The molecule has 3 aromatic carbocycles. The lowest BCUT2D eigenvalue weighted by atomic mass is 9.98. The minimum atomic E-state index is 0.548. The normalized spacial score (nSPS) is 11.3. The Balaban J connectivity index is 1.76. The number of nitrogens with zero attached hydrogens (tertiary/aromatic N) is 3. The van der Waals surface area contributed by atoms with Crippen molar-refractivity contribution in [1.29, 1.82) is 0 Å². The molecule has 0 saturated carbocycles. The molecule has 4 aromatic rings. The SMILES string of the molecule is CC(C)c1ccc(-c2cccc(-n3nnc4ccccc43)c2)cc1. The van der Waals surface area contributed by atoms with Crippen LogP contribution in [-0.4, -0.2) is 15.0 Å². The molecule has 4 rings (SSSR count). The van der Waals surface area contributed by atoms with Gasteiger partial charge in [-0.3, -0.25) is 0 Å². The Labute approximate surface area is 141 Å². The molecule has 0 saturated heterocycles. The van der Waals surface area contributed by atoms with E-state index >= 15 is 0 Å². The lowest BCUT2D eigenvalue weighted by Crippen LogP contribution is -1.96. The van der Waals surface area contributed by atoms with Gasteiger partial charge in [-0.15, -0.1) is 5.10 Å². The Bertz CT molecular complexity index is 981. The predicted molar refractivity (Wildman–Crippen MR) is 98.4 cm³/mol. The van der Waals surface area contributed by atoms with Crippen LogP contribution in [0.25, 0.3) is 27.8 Å². The van der Waals surface area contributed by atoms with Crippen molar-refractivity contribution in [3.8, 4) is 16.8 Å². The summed E-state index contributed by atoms with van der Waals surface area (Å²) in [4.78, 5) is 0. The molecule has 1 heterocycles. The van der Waals surface area contributed by atoms with Gasteiger partial charge in [0.2, 0.25) is 0 Å². The van der Waals surface area contributed by atoms with Crippen molar-refractivity contribution in [3.63, 3.8) is 0 Å². The van der Waals surface area contributed by atoms with E-state index < -0.39 is 0 Å². The van der Waals surface area contributed by atoms with E-state index in [4.69, 9.17) is 0 Å². The highest BCUT2D eigenvalue weighted by molar-refractivity contribution is 5.76. The predicted octanol–water partition coefficient (Wildman–Crippen LogP) is 5.21. The zero-order valence-electron chi connectivity index (χ0n) is 13.8. The summed E-state index contributed by atoms with van der Waals surface area (Å²) < 4.78 is 1.89. The summed E-state index contributed by atoms with van der Waals surface area (Å²) in [5.41, 5.74) is 6.70. The van der Waals surface area contributed by atoms with Gasteiger partial charge >= 0.3 is 0 Å². The molecule has 3 heteroatoms. The number of aromatic nitrogens is 3. The Kier molecular flexibility index (Phi) is 3.62. The molecule has 0 aliphatic heterocycles. The van der Waals surface area contributed by atoms with Crippen LogP contribution in [0.4, 0.5) is 0 Å². The van der Waals surface area contributed by atoms with Crippen LogP contribution < -0.4 is 0 Å². The average molecular weight is 313 g/mol. The highest BCUT2D eigenvalue weighted by Gasteiger charge is 2.07. The molecule has 0 N–H and O–H groups in total. The molecule has 0 aliphatic rings. The van der Waals surface area contributed by atoms with Crippen molar-refractivity contribution in [2.45, 2.75) is 19.8 Å². The fourth-order valence-corrected chi connectivity index (χ4v) is 2.94. The smallest absolute Gasteiger partial charge is 0.113 e. The molecule has 0 aliphatic carbocycles. The largest absolute Gasteiger partial charge is 0.213 e. The van der Waals surface area contributed by atoms with Crippen LogP contribution in [0.15, 0.2) is 72.8 Å². The molecule has 0 unspecified atom stereocenters. The molecular weight excluding hydrogens is 294 g/mol. The fourth-order valence-electron chi connectivity index (χ4n) is 2.94. The van der Waals surface area contributed by atoms with Crippen LogP contribution in [0.2, 0.25) is 0 Å². The van der Waals surface area contributed by atoms with Gasteiger partial charge in [0.25, 0.3) is 0 Å². The summed E-state index contributed by atoms with van der Waals surface area (Å²) >= 11 is 0. The molecule has 24 heavy (non-hydrogen) atoms. The average Bonchev–Trinajstić information content (AvgIpc) is 3.06.